The van der Waals surface area contributed by atoms with Gasteiger partial charge in [0.2, 0.25) is 0 Å². The molecule has 0 bridgehead atoms. The second-order valence-corrected chi connectivity index (χ2v) is 5.44. The van der Waals surface area contributed by atoms with Gasteiger partial charge in [0.1, 0.15) is 4.88 Å². The van der Waals surface area contributed by atoms with Crippen LogP contribution in [0.15, 0.2) is 24.4 Å². The predicted molar refractivity (Wildman–Crippen MR) is 80.0 cm³/mol. The van der Waals surface area contributed by atoms with Gasteiger partial charge in [-0.05, 0) is 31.5 Å². The van der Waals surface area contributed by atoms with Gasteiger partial charge < -0.3 is 15.8 Å². The molecule has 3 N–H and O–H groups in total. The molecule has 0 aliphatic rings. The standard InChI is InChI=1S/C14H16FN3O2S/c1-3-20-11-5-4-9(6-10(11)15)8(2)18-13(19)12-7-17-14(16)21-12/h4-8H,3H2,1-2H3,(H2,16,17)(H,18,19)/t8-/m1/s1. The molecule has 0 aliphatic heterocycles. The molecule has 1 amide bonds. The number of aromatic nitrogens is 1. The smallest absolute Gasteiger partial charge is 0.263 e. The fourth-order valence-corrected chi connectivity index (χ4v) is 2.39. The highest BCUT2D eigenvalue weighted by molar-refractivity contribution is 7.17. The van der Waals surface area contributed by atoms with Crippen molar-refractivity contribution in [2.45, 2.75) is 19.9 Å². The molecule has 112 valence electrons. The number of rotatable bonds is 5. The van der Waals surface area contributed by atoms with Crippen LogP contribution >= 0.6 is 11.3 Å². The van der Waals surface area contributed by atoms with Crippen molar-refractivity contribution in [1.82, 2.24) is 10.3 Å². The van der Waals surface area contributed by atoms with E-state index in [9.17, 15) is 9.18 Å². The van der Waals surface area contributed by atoms with Crippen molar-refractivity contribution >= 4 is 22.4 Å². The van der Waals surface area contributed by atoms with Gasteiger partial charge in [0.15, 0.2) is 16.7 Å². The molecule has 5 nitrogen and oxygen atoms in total. The SMILES string of the molecule is CCOc1ccc([C@@H](C)NC(=O)c2cnc(N)s2)cc1F. The van der Waals surface area contributed by atoms with E-state index in [1.54, 1.807) is 26.0 Å². The molecule has 21 heavy (non-hydrogen) atoms. The zero-order valence-electron chi connectivity index (χ0n) is 11.7. The van der Waals surface area contributed by atoms with E-state index in [4.69, 9.17) is 10.5 Å². The highest BCUT2D eigenvalue weighted by Gasteiger charge is 2.15. The van der Waals surface area contributed by atoms with E-state index in [0.29, 0.717) is 22.2 Å². The topological polar surface area (TPSA) is 77.2 Å². The van der Waals surface area contributed by atoms with Crippen molar-refractivity contribution in [2.75, 3.05) is 12.3 Å². The summed E-state index contributed by atoms with van der Waals surface area (Å²) in [7, 11) is 0. The zero-order valence-corrected chi connectivity index (χ0v) is 12.5. The molecular formula is C14H16FN3O2S. The molecule has 1 atom stereocenters. The molecule has 2 aromatic rings. The third-order valence-electron chi connectivity index (χ3n) is 2.85. The van der Waals surface area contributed by atoms with Gasteiger partial charge in [0.25, 0.3) is 5.91 Å². The molecule has 7 heteroatoms. The molecule has 0 fully saturated rings. The van der Waals surface area contributed by atoms with Crippen LogP contribution in [0.4, 0.5) is 9.52 Å². The lowest BCUT2D eigenvalue weighted by molar-refractivity contribution is 0.0943. The number of halogens is 1. The second kappa shape index (κ2) is 6.53. The molecule has 1 aromatic carbocycles. The van der Waals surface area contributed by atoms with Gasteiger partial charge in [0, 0.05) is 0 Å². The lowest BCUT2D eigenvalue weighted by atomic mass is 10.1. The molecule has 0 saturated carbocycles. The molecule has 2 rings (SSSR count). The van der Waals surface area contributed by atoms with E-state index < -0.39 is 5.82 Å². The maximum absolute atomic E-state index is 13.8. The van der Waals surface area contributed by atoms with E-state index in [2.05, 4.69) is 10.3 Å². The van der Waals surface area contributed by atoms with Crippen LogP contribution in [0.3, 0.4) is 0 Å². The summed E-state index contributed by atoms with van der Waals surface area (Å²) in [5.41, 5.74) is 6.14. The number of nitrogen functional groups attached to an aromatic ring is 1. The molecular weight excluding hydrogens is 293 g/mol. The zero-order chi connectivity index (χ0) is 15.4. The van der Waals surface area contributed by atoms with Gasteiger partial charge in [-0.25, -0.2) is 9.37 Å². The first kappa shape index (κ1) is 15.2. The highest BCUT2D eigenvalue weighted by Crippen LogP contribution is 2.23. The van der Waals surface area contributed by atoms with E-state index >= 15 is 0 Å². The number of nitrogens with two attached hydrogens (primary N) is 1. The van der Waals surface area contributed by atoms with Gasteiger partial charge in [-0.2, -0.15) is 0 Å². The van der Waals surface area contributed by atoms with Crippen LogP contribution in [0.5, 0.6) is 5.75 Å². The fourth-order valence-electron chi connectivity index (χ4n) is 1.80. The van der Waals surface area contributed by atoms with Gasteiger partial charge in [0.05, 0.1) is 18.8 Å². The van der Waals surface area contributed by atoms with Crippen molar-refractivity contribution in [3.05, 3.63) is 40.7 Å². The Morgan fingerprint density at radius 2 is 2.33 bits per heavy atom. The maximum Gasteiger partial charge on any atom is 0.263 e. The molecule has 0 aliphatic carbocycles. The minimum Gasteiger partial charge on any atom is -0.491 e. The first-order valence-electron chi connectivity index (χ1n) is 6.45. The van der Waals surface area contributed by atoms with Crippen LogP contribution in [0.2, 0.25) is 0 Å². The van der Waals surface area contributed by atoms with Crippen LogP contribution in [-0.4, -0.2) is 17.5 Å². The number of nitrogens with zero attached hydrogens (tertiary/aromatic N) is 1. The van der Waals surface area contributed by atoms with Crippen molar-refractivity contribution in [3.63, 3.8) is 0 Å². The lowest BCUT2D eigenvalue weighted by Crippen LogP contribution is -2.26. The first-order chi connectivity index (χ1) is 10.0. The summed E-state index contributed by atoms with van der Waals surface area (Å²) >= 11 is 1.11. The van der Waals surface area contributed by atoms with E-state index in [1.165, 1.54) is 12.3 Å². The molecule has 0 saturated heterocycles. The summed E-state index contributed by atoms with van der Waals surface area (Å²) in [6.45, 7) is 3.96. The first-order valence-corrected chi connectivity index (χ1v) is 7.27. The number of hydrogen-bond donors (Lipinski definition) is 2. The van der Waals surface area contributed by atoms with Crippen LogP contribution in [0.25, 0.3) is 0 Å². The fraction of sp³-hybridized carbons (Fsp3) is 0.286. The Bertz CT molecular complexity index is 645. The average molecular weight is 309 g/mol. The Morgan fingerprint density at radius 1 is 1.57 bits per heavy atom. The number of hydrogen-bond acceptors (Lipinski definition) is 5. The minimum absolute atomic E-state index is 0.204. The van der Waals surface area contributed by atoms with Crippen LogP contribution in [0, 0.1) is 5.82 Å². The predicted octanol–water partition coefficient (Wildman–Crippen LogP) is 2.75. The summed E-state index contributed by atoms with van der Waals surface area (Å²) < 4.78 is 18.9. The molecule has 0 spiro atoms. The van der Waals surface area contributed by atoms with Gasteiger partial charge in [-0.15, -0.1) is 0 Å². The van der Waals surface area contributed by atoms with Crippen LogP contribution < -0.4 is 15.8 Å². The quantitative estimate of drug-likeness (QED) is 0.890. The van der Waals surface area contributed by atoms with E-state index in [0.717, 1.165) is 11.3 Å². The number of ether oxygens (including phenoxy) is 1. The Kier molecular flexibility index (Phi) is 4.74. The Labute approximate surface area is 126 Å². The summed E-state index contributed by atoms with van der Waals surface area (Å²) in [6, 6.07) is 4.30. The van der Waals surface area contributed by atoms with Gasteiger partial charge in [-0.1, -0.05) is 17.4 Å². The number of nitrogens with one attached hydrogen (secondary N) is 1. The van der Waals surface area contributed by atoms with Gasteiger partial charge >= 0.3 is 0 Å². The Morgan fingerprint density at radius 3 is 2.90 bits per heavy atom. The molecule has 1 heterocycles. The summed E-state index contributed by atoms with van der Waals surface area (Å²) in [4.78, 5) is 16.2. The highest BCUT2D eigenvalue weighted by atomic mass is 32.1. The largest absolute Gasteiger partial charge is 0.491 e. The van der Waals surface area contributed by atoms with Crippen LogP contribution in [-0.2, 0) is 0 Å². The third kappa shape index (κ3) is 3.69. The Hall–Kier alpha value is -2.15. The minimum atomic E-state index is -0.447. The Balaban J connectivity index is 2.08. The van der Waals surface area contributed by atoms with E-state index in [-0.39, 0.29) is 17.7 Å². The maximum atomic E-state index is 13.8. The van der Waals surface area contributed by atoms with Crippen molar-refractivity contribution in [1.29, 1.82) is 0 Å². The number of benzene rings is 1. The third-order valence-corrected chi connectivity index (χ3v) is 3.68. The van der Waals surface area contributed by atoms with Gasteiger partial charge in [-0.3, -0.25) is 4.79 Å². The number of carbonyl (C=O) groups is 1. The molecule has 0 unspecified atom stereocenters. The molecule has 1 aromatic heterocycles. The average Bonchev–Trinajstić information content (AvgIpc) is 2.88. The van der Waals surface area contributed by atoms with Crippen molar-refractivity contribution in [2.24, 2.45) is 0 Å². The number of thiazole rings is 1. The number of carbonyl (C=O) groups excluding carboxylic acids is 1. The number of anilines is 1. The van der Waals surface area contributed by atoms with E-state index in [1.807, 2.05) is 0 Å². The molecule has 0 radical (unpaired) electrons. The lowest BCUT2D eigenvalue weighted by Gasteiger charge is -2.14. The monoisotopic (exact) mass is 309 g/mol. The van der Waals surface area contributed by atoms with Crippen molar-refractivity contribution in [3.8, 4) is 5.75 Å². The normalized spacial score (nSPS) is 12.0. The summed E-state index contributed by atoms with van der Waals surface area (Å²) in [5.74, 6) is -0.529. The second-order valence-electron chi connectivity index (χ2n) is 4.38. The summed E-state index contributed by atoms with van der Waals surface area (Å²) in [6.07, 6.45) is 1.42. The summed E-state index contributed by atoms with van der Waals surface area (Å²) in [5, 5.41) is 3.11. The van der Waals surface area contributed by atoms with Crippen molar-refractivity contribution < 1.29 is 13.9 Å². The van der Waals surface area contributed by atoms with Crippen LogP contribution in [0.1, 0.15) is 35.1 Å². The number of amides is 1.